The smallest absolute Gasteiger partial charge is 0.267 e. The van der Waals surface area contributed by atoms with Gasteiger partial charge in [-0.15, -0.1) is 0 Å². The first-order valence-corrected chi connectivity index (χ1v) is 7.77. The highest BCUT2D eigenvalue weighted by atomic mass is 35.5. The van der Waals surface area contributed by atoms with Gasteiger partial charge in [-0.05, 0) is 12.1 Å². The third kappa shape index (κ3) is 4.96. The molecule has 1 aromatic carbocycles. The van der Waals surface area contributed by atoms with Crippen LogP contribution in [0.25, 0.3) is 0 Å². The van der Waals surface area contributed by atoms with Crippen molar-refractivity contribution in [3.8, 4) is 6.07 Å². The largest absolute Gasteiger partial charge is 0.395 e. The quantitative estimate of drug-likeness (QED) is 0.626. The van der Waals surface area contributed by atoms with Gasteiger partial charge in [-0.3, -0.25) is 9.69 Å². The lowest BCUT2D eigenvalue weighted by Crippen LogP contribution is -2.45. The van der Waals surface area contributed by atoms with Crippen LogP contribution in [0.4, 0.5) is 5.69 Å². The molecule has 2 rings (SSSR count). The van der Waals surface area contributed by atoms with Crippen molar-refractivity contribution in [2.24, 2.45) is 0 Å². The third-order valence-corrected chi connectivity index (χ3v) is 3.95. The number of β-amino-alcohol motifs (C(OH)–C–C–N with tert-alkyl or cyclic N) is 1. The summed E-state index contributed by atoms with van der Waals surface area (Å²) < 4.78 is 0. The molecule has 1 aliphatic heterocycles. The Balaban J connectivity index is 1.98. The molecular weight excluding hydrogens is 316 g/mol. The second-order valence-electron chi connectivity index (χ2n) is 5.19. The molecule has 1 heterocycles. The minimum atomic E-state index is -0.474. The Morgan fingerprint density at radius 1 is 1.35 bits per heavy atom. The lowest BCUT2D eigenvalue weighted by Gasteiger charge is -2.33. The zero-order valence-electron chi connectivity index (χ0n) is 12.7. The number of aliphatic hydroxyl groups excluding tert-OH is 1. The van der Waals surface area contributed by atoms with E-state index in [0.29, 0.717) is 30.3 Å². The van der Waals surface area contributed by atoms with E-state index < -0.39 is 5.91 Å². The number of para-hydroxylation sites is 1. The Bertz CT molecular complexity index is 619. The number of nitrogens with zero attached hydrogens (tertiary/aromatic N) is 3. The second kappa shape index (κ2) is 8.53. The topological polar surface area (TPSA) is 79.6 Å². The van der Waals surface area contributed by atoms with Crippen LogP contribution in [0.2, 0.25) is 5.02 Å². The van der Waals surface area contributed by atoms with Crippen molar-refractivity contribution in [1.29, 1.82) is 5.26 Å². The predicted octanol–water partition coefficient (Wildman–Crippen LogP) is 1.30. The molecule has 23 heavy (non-hydrogen) atoms. The third-order valence-electron chi connectivity index (χ3n) is 3.62. The maximum Gasteiger partial charge on any atom is 0.267 e. The number of piperazine rings is 1. The summed E-state index contributed by atoms with van der Waals surface area (Å²) in [5, 5.41) is 21.2. The van der Waals surface area contributed by atoms with Gasteiger partial charge in [0.1, 0.15) is 11.6 Å². The van der Waals surface area contributed by atoms with E-state index in [2.05, 4.69) is 10.2 Å². The van der Waals surface area contributed by atoms with E-state index in [1.807, 2.05) is 11.0 Å². The summed E-state index contributed by atoms with van der Waals surface area (Å²) >= 11 is 6.00. The fourth-order valence-corrected chi connectivity index (χ4v) is 2.51. The van der Waals surface area contributed by atoms with Gasteiger partial charge in [0.25, 0.3) is 5.91 Å². The van der Waals surface area contributed by atoms with Gasteiger partial charge in [0.2, 0.25) is 0 Å². The zero-order valence-corrected chi connectivity index (χ0v) is 13.5. The van der Waals surface area contributed by atoms with Gasteiger partial charge in [0.05, 0.1) is 17.3 Å². The number of benzene rings is 1. The van der Waals surface area contributed by atoms with Crippen LogP contribution >= 0.6 is 11.6 Å². The van der Waals surface area contributed by atoms with Gasteiger partial charge in [0, 0.05) is 38.9 Å². The molecule has 122 valence electrons. The van der Waals surface area contributed by atoms with Crippen LogP contribution in [0.3, 0.4) is 0 Å². The summed E-state index contributed by atoms with van der Waals surface area (Å²) in [5.41, 5.74) is 0.522. The zero-order chi connectivity index (χ0) is 16.7. The molecule has 0 unspecified atom stereocenters. The van der Waals surface area contributed by atoms with Crippen LogP contribution in [-0.4, -0.2) is 60.1 Å². The first-order valence-electron chi connectivity index (χ1n) is 7.39. The Morgan fingerprint density at radius 3 is 2.65 bits per heavy atom. The number of nitriles is 1. The van der Waals surface area contributed by atoms with Crippen molar-refractivity contribution in [1.82, 2.24) is 9.80 Å². The minimum Gasteiger partial charge on any atom is -0.395 e. The molecular formula is C16H19ClN4O2. The molecule has 0 aromatic heterocycles. The number of hydrogen-bond donors (Lipinski definition) is 2. The molecule has 1 saturated heterocycles. The molecule has 0 saturated carbocycles. The van der Waals surface area contributed by atoms with Gasteiger partial charge >= 0.3 is 0 Å². The highest BCUT2D eigenvalue weighted by Gasteiger charge is 2.17. The average molecular weight is 335 g/mol. The Labute approximate surface area is 140 Å². The summed E-state index contributed by atoms with van der Waals surface area (Å²) in [7, 11) is 0. The Hall–Kier alpha value is -2.07. The molecule has 0 spiro atoms. The molecule has 1 amide bonds. The second-order valence-corrected chi connectivity index (χ2v) is 5.60. The molecule has 7 heteroatoms. The van der Waals surface area contributed by atoms with E-state index in [0.717, 1.165) is 13.1 Å². The molecule has 0 bridgehead atoms. The molecule has 0 aliphatic carbocycles. The van der Waals surface area contributed by atoms with Crippen molar-refractivity contribution in [3.63, 3.8) is 0 Å². The van der Waals surface area contributed by atoms with Crippen LogP contribution in [0, 0.1) is 11.3 Å². The highest BCUT2D eigenvalue weighted by Crippen LogP contribution is 2.21. The molecule has 1 aromatic rings. The van der Waals surface area contributed by atoms with Crippen LogP contribution in [0.15, 0.2) is 36.0 Å². The number of anilines is 1. The minimum absolute atomic E-state index is 0.0422. The van der Waals surface area contributed by atoms with E-state index in [1.54, 1.807) is 30.5 Å². The van der Waals surface area contributed by atoms with Gasteiger partial charge in [-0.1, -0.05) is 23.7 Å². The number of aliphatic hydroxyl groups is 1. The molecule has 1 fully saturated rings. The van der Waals surface area contributed by atoms with Crippen LogP contribution in [0.1, 0.15) is 0 Å². The average Bonchev–Trinajstić information content (AvgIpc) is 2.56. The van der Waals surface area contributed by atoms with E-state index in [9.17, 15) is 10.1 Å². The van der Waals surface area contributed by atoms with E-state index in [1.165, 1.54) is 0 Å². The number of carbonyl (C=O) groups is 1. The maximum atomic E-state index is 12.2. The van der Waals surface area contributed by atoms with Crippen molar-refractivity contribution in [3.05, 3.63) is 41.1 Å². The molecule has 1 aliphatic rings. The number of amides is 1. The van der Waals surface area contributed by atoms with Crippen molar-refractivity contribution in [2.75, 3.05) is 44.6 Å². The van der Waals surface area contributed by atoms with E-state index in [4.69, 9.17) is 16.7 Å². The van der Waals surface area contributed by atoms with Gasteiger partial charge < -0.3 is 15.3 Å². The lowest BCUT2D eigenvalue weighted by atomic mass is 10.2. The Morgan fingerprint density at radius 2 is 2.04 bits per heavy atom. The fourth-order valence-electron chi connectivity index (χ4n) is 2.33. The van der Waals surface area contributed by atoms with Crippen LogP contribution in [0.5, 0.6) is 0 Å². The van der Waals surface area contributed by atoms with Gasteiger partial charge in [-0.2, -0.15) is 5.26 Å². The van der Waals surface area contributed by atoms with Gasteiger partial charge in [0.15, 0.2) is 0 Å². The summed E-state index contributed by atoms with van der Waals surface area (Å²) in [4.78, 5) is 16.3. The van der Waals surface area contributed by atoms with Crippen molar-refractivity contribution >= 4 is 23.2 Å². The first-order chi connectivity index (χ1) is 11.1. The Kier molecular flexibility index (Phi) is 6.41. The number of carbonyl (C=O) groups excluding carboxylic acids is 1. The summed E-state index contributed by atoms with van der Waals surface area (Å²) in [6.07, 6.45) is 1.59. The highest BCUT2D eigenvalue weighted by molar-refractivity contribution is 6.33. The summed E-state index contributed by atoms with van der Waals surface area (Å²) in [6, 6.07) is 8.82. The predicted molar refractivity (Wildman–Crippen MR) is 88.9 cm³/mol. The summed E-state index contributed by atoms with van der Waals surface area (Å²) in [5.74, 6) is -0.474. The molecule has 2 N–H and O–H groups in total. The van der Waals surface area contributed by atoms with Gasteiger partial charge in [-0.25, -0.2) is 0 Å². The number of halogens is 1. The number of nitrogens with one attached hydrogen (secondary N) is 1. The van der Waals surface area contributed by atoms with E-state index >= 15 is 0 Å². The number of hydrogen-bond acceptors (Lipinski definition) is 5. The maximum absolute atomic E-state index is 12.2. The van der Waals surface area contributed by atoms with E-state index in [-0.39, 0.29) is 12.2 Å². The van der Waals surface area contributed by atoms with Crippen LogP contribution in [-0.2, 0) is 4.79 Å². The fraction of sp³-hybridized carbons (Fsp3) is 0.375. The standard InChI is InChI=1S/C16H19ClN4O2/c17-14-3-1-2-4-15(14)19-16(23)13(11-18)12-21-7-5-20(6-8-21)9-10-22/h1-4,12,22H,5-10H2,(H,19,23)/b13-12-. The molecule has 0 radical (unpaired) electrons. The monoisotopic (exact) mass is 334 g/mol. The molecule has 6 nitrogen and oxygen atoms in total. The lowest BCUT2D eigenvalue weighted by molar-refractivity contribution is -0.112. The van der Waals surface area contributed by atoms with Crippen molar-refractivity contribution in [2.45, 2.75) is 0 Å². The molecule has 0 atom stereocenters. The van der Waals surface area contributed by atoms with Crippen LogP contribution < -0.4 is 5.32 Å². The normalized spacial score (nSPS) is 16.0. The summed E-state index contributed by atoms with van der Waals surface area (Å²) in [6.45, 7) is 3.80. The first kappa shape index (κ1) is 17.3. The van der Waals surface area contributed by atoms with Crippen molar-refractivity contribution < 1.29 is 9.90 Å². The number of rotatable bonds is 5. The SMILES string of the molecule is N#C/C(=C/N1CCN(CCO)CC1)C(=O)Nc1ccccc1Cl.